The first-order chi connectivity index (χ1) is 8.76. The van der Waals surface area contributed by atoms with Gasteiger partial charge < -0.3 is 14.6 Å². The number of methoxy groups -OCH3 is 1. The largest absolute Gasteiger partial charge is 0.497 e. The molecule has 0 heterocycles. The van der Waals surface area contributed by atoms with E-state index >= 15 is 0 Å². The van der Waals surface area contributed by atoms with Gasteiger partial charge in [0.15, 0.2) is 0 Å². The Bertz CT molecular complexity index is 343. The molecule has 1 atom stereocenters. The average molecular weight is 250 g/mol. The molecule has 1 N–H and O–H groups in total. The van der Waals surface area contributed by atoms with Gasteiger partial charge in [-0.2, -0.15) is 0 Å². The van der Waals surface area contributed by atoms with Crippen LogP contribution < -0.4 is 4.74 Å². The molecule has 0 spiro atoms. The van der Waals surface area contributed by atoms with Crippen molar-refractivity contribution in [2.45, 2.75) is 32.5 Å². The van der Waals surface area contributed by atoms with Crippen LogP contribution in [0, 0.1) is 0 Å². The summed E-state index contributed by atoms with van der Waals surface area (Å²) in [6, 6.07) is 7.84. The van der Waals surface area contributed by atoms with Crippen LogP contribution in [0.5, 0.6) is 5.75 Å². The van der Waals surface area contributed by atoms with Crippen molar-refractivity contribution >= 4 is 0 Å². The molecule has 0 bridgehead atoms. The molecular weight excluding hydrogens is 228 g/mol. The van der Waals surface area contributed by atoms with Crippen molar-refractivity contribution < 1.29 is 14.6 Å². The van der Waals surface area contributed by atoms with Gasteiger partial charge in [-0.15, -0.1) is 0 Å². The van der Waals surface area contributed by atoms with E-state index in [2.05, 4.69) is 0 Å². The van der Waals surface area contributed by atoms with E-state index in [0.29, 0.717) is 13.2 Å². The first-order valence-corrected chi connectivity index (χ1v) is 6.31. The second-order valence-electron chi connectivity index (χ2n) is 4.09. The quantitative estimate of drug-likeness (QED) is 0.569. The second kappa shape index (κ2) is 8.72. The summed E-state index contributed by atoms with van der Waals surface area (Å²) in [5.41, 5.74) is 1.13. The molecule has 0 radical (unpaired) electrons. The number of hydrogen-bond donors (Lipinski definition) is 1. The van der Waals surface area contributed by atoms with Gasteiger partial charge in [-0.3, -0.25) is 0 Å². The molecule has 0 saturated heterocycles. The number of hydrogen-bond acceptors (Lipinski definition) is 3. The number of rotatable bonds is 8. The highest BCUT2D eigenvalue weighted by atomic mass is 16.5. The van der Waals surface area contributed by atoms with Crippen molar-refractivity contribution in [1.82, 2.24) is 0 Å². The topological polar surface area (TPSA) is 38.7 Å². The maximum Gasteiger partial charge on any atom is 0.118 e. The minimum absolute atomic E-state index is 0.327. The van der Waals surface area contributed by atoms with E-state index < -0.39 is 0 Å². The van der Waals surface area contributed by atoms with Crippen LogP contribution in [-0.4, -0.2) is 24.9 Å². The van der Waals surface area contributed by atoms with Gasteiger partial charge in [-0.25, -0.2) is 0 Å². The summed E-state index contributed by atoms with van der Waals surface area (Å²) in [4.78, 5) is 0. The summed E-state index contributed by atoms with van der Waals surface area (Å²) < 4.78 is 10.6. The SMILES string of the molecule is CC[C@H](O)C=CCCOCc1ccc(OC)cc1. The van der Waals surface area contributed by atoms with Gasteiger partial charge in [-0.05, 0) is 30.5 Å². The molecule has 0 aliphatic carbocycles. The first kappa shape index (κ1) is 14.7. The minimum Gasteiger partial charge on any atom is -0.497 e. The smallest absolute Gasteiger partial charge is 0.118 e. The Morgan fingerprint density at radius 2 is 2.00 bits per heavy atom. The molecule has 0 aliphatic heterocycles. The van der Waals surface area contributed by atoms with Crippen molar-refractivity contribution in [3.63, 3.8) is 0 Å². The molecule has 0 fully saturated rings. The van der Waals surface area contributed by atoms with Crippen LogP contribution in [0.15, 0.2) is 36.4 Å². The Balaban J connectivity index is 2.15. The lowest BCUT2D eigenvalue weighted by Crippen LogP contribution is -1.99. The second-order valence-corrected chi connectivity index (χ2v) is 4.09. The summed E-state index contributed by atoms with van der Waals surface area (Å²) in [5, 5.41) is 9.30. The van der Waals surface area contributed by atoms with Crippen molar-refractivity contribution in [3.8, 4) is 5.75 Å². The van der Waals surface area contributed by atoms with Gasteiger partial charge in [0.1, 0.15) is 5.75 Å². The summed E-state index contributed by atoms with van der Waals surface area (Å²) in [5.74, 6) is 0.857. The van der Waals surface area contributed by atoms with E-state index in [9.17, 15) is 5.11 Å². The highest BCUT2D eigenvalue weighted by Crippen LogP contribution is 2.11. The molecule has 100 valence electrons. The summed E-state index contributed by atoms with van der Waals surface area (Å²) >= 11 is 0. The van der Waals surface area contributed by atoms with E-state index in [1.54, 1.807) is 7.11 Å². The molecule has 3 heteroatoms. The minimum atomic E-state index is -0.327. The van der Waals surface area contributed by atoms with Crippen LogP contribution in [0.3, 0.4) is 0 Å². The molecule has 1 aromatic carbocycles. The first-order valence-electron chi connectivity index (χ1n) is 6.31. The molecule has 1 rings (SSSR count). The Labute approximate surface area is 109 Å². The third kappa shape index (κ3) is 5.84. The highest BCUT2D eigenvalue weighted by molar-refractivity contribution is 5.26. The lowest BCUT2D eigenvalue weighted by atomic mass is 10.2. The number of aliphatic hydroxyl groups excluding tert-OH is 1. The maximum atomic E-state index is 9.30. The molecule has 3 nitrogen and oxygen atoms in total. The molecule has 0 amide bonds. The molecule has 18 heavy (non-hydrogen) atoms. The van der Waals surface area contributed by atoms with Crippen molar-refractivity contribution in [3.05, 3.63) is 42.0 Å². The van der Waals surface area contributed by atoms with Crippen LogP contribution >= 0.6 is 0 Å². The van der Waals surface area contributed by atoms with E-state index in [1.807, 2.05) is 43.3 Å². The van der Waals surface area contributed by atoms with Crippen LogP contribution in [-0.2, 0) is 11.3 Å². The van der Waals surface area contributed by atoms with E-state index in [1.165, 1.54) is 0 Å². The predicted octanol–water partition coefficient (Wildman–Crippen LogP) is 2.93. The van der Waals surface area contributed by atoms with Gasteiger partial charge in [0, 0.05) is 0 Å². The van der Waals surface area contributed by atoms with Gasteiger partial charge in [0.2, 0.25) is 0 Å². The molecule has 0 saturated carbocycles. The normalized spacial score (nSPS) is 12.8. The fraction of sp³-hybridized carbons (Fsp3) is 0.467. The zero-order valence-corrected chi connectivity index (χ0v) is 11.1. The third-order valence-electron chi connectivity index (χ3n) is 2.63. The van der Waals surface area contributed by atoms with Crippen molar-refractivity contribution in [2.24, 2.45) is 0 Å². The van der Waals surface area contributed by atoms with Crippen LogP contribution in [0.1, 0.15) is 25.3 Å². The summed E-state index contributed by atoms with van der Waals surface area (Å²) in [6.07, 6.45) is 5.03. The number of benzene rings is 1. The van der Waals surface area contributed by atoms with Gasteiger partial charge in [-0.1, -0.05) is 31.2 Å². The Morgan fingerprint density at radius 1 is 1.28 bits per heavy atom. The van der Waals surface area contributed by atoms with E-state index in [0.717, 1.165) is 24.2 Å². The predicted molar refractivity (Wildman–Crippen MR) is 72.7 cm³/mol. The van der Waals surface area contributed by atoms with Gasteiger partial charge >= 0.3 is 0 Å². The highest BCUT2D eigenvalue weighted by Gasteiger charge is 1.95. The summed E-state index contributed by atoms with van der Waals surface area (Å²) in [6.45, 7) is 3.22. The zero-order valence-electron chi connectivity index (χ0n) is 11.1. The maximum absolute atomic E-state index is 9.30. The Kier molecular flexibility index (Phi) is 7.14. The van der Waals surface area contributed by atoms with Crippen molar-refractivity contribution in [2.75, 3.05) is 13.7 Å². The molecular formula is C15H22O3. The van der Waals surface area contributed by atoms with E-state index in [4.69, 9.17) is 9.47 Å². The Hall–Kier alpha value is -1.32. The lowest BCUT2D eigenvalue weighted by Gasteiger charge is -2.04. The summed E-state index contributed by atoms with van der Waals surface area (Å²) in [7, 11) is 1.66. The number of ether oxygens (including phenoxy) is 2. The molecule has 0 unspecified atom stereocenters. The zero-order chi connectivity index (χ0) is 13.2. The van der Waals surface area contributed by atoms with E-state index in [-0.39, 0.29) is 6.10 Å². The number of aliphatic hydroxyl groups is 1. The van der Waals surface area contributed by atoms with Crippen LogP contribution in [0.25, 0.3) is 0 Å². The standard InChI is InChI=1S/C15H22O3/c1-3-14(16)6-4-5-11-18-12-13-7-9-15(17-2)10-8-13/h4,6-10,14,16H,3,5,11-12H2,1-2H3/t14-/m0/s1. The molecule has 0 aliphatic rings. The van der Waals surface area contributed by atoms with Crippen LogP contribution in [0.2, 0.25) is 0 Å². The average Bonchev–Trinajstić information content (AvgIpc) is 2.43. The third-order valence-corrected chi connectivity index (χ3v) is 2.63. The lowest BCUT2D eigenvalue weighted by molar-refractivity contribution is 0.125. The van der Waals surface area contributed by atoms with Gasteiger partial charge in [0.05, 0.1) is 26.4 Å². The fourth-order valence-corrected chi connectivity index (χ4v) is 1.45. The molecule has 1 aromatic rings. The molecule has 0 aromatic heterocycles. The van der Waals surface area contributed by atoms with Gasteiger partial charge in [0.25, 0.3) is 0 Å². The van der Waals surface area contributed by atoms with Crippen molar-refractivity contribution in [1.29, 1.82) is 0 Å². The fourth-order valence-electron chi connectivity index (χ4n) is 1.45. The Morgan fingerprint density at radius 3 is 2.61 bits per heavy atom. The monoisotopic (exact) mass is 250 g/mol. The van der Waals surface area contributed by atoms with Crippen LogP contribution in [0.4, 0.5) is 0 Å².